The van der Waals surface area contributed by atoms with Crippen LogP contribution in [0, 0.1) is 0 Å². The van der Waals surface area contributed by atoms with E-state index in [2.05, 4.69) is 49.4 Å². The Hall–Kier alpha value is -0.800. The molecule has 2 N–H and O–H groups in total. The minimum absolute atomic E-state index is 0.463. The van der Waals surface area contributed by atoms with Crippen molar-refractivity contribution in [3.05, 3.63) is 23.5 Å². The number of hydrogen-bond donors (Lipinski definition) is 1. The maximum Gasteiger partial charge on any atom is 0.0471 e. The first-order valence-corrected chi connectivity index (χ1v) is 5.74. The van der Waals surface area contributed by atoms with Gasteiger partial charge in [0.2, 0.25) is 0 Å². The highest BCUT2D eigenvalue weighted by atomic mass is 15.2. The van der Waals surface area contributed by atoms with Gasteiger partial charge in [-0.2, -0.15) is 0 Å². The first kappa shape index (κ1) is 12.3. The molecule has 86 valence electrons. The molecule has 3 heteroatoms. The Morgan fingerprint density at radius 3 is 2.33 bits per heavy atom. The van der Waals surface area contributed by atoms with Gasteiger partial charge < -0.3 is 10.3 Å². The lowest BCUT2D eigenvalue weighted by Gasteiger charge is -2.27. The highest BCUT2D eigenvalue weighted by molar-refractivity contribution is 5.18. The molecule has 1 aromatic heterocycles. The smallest absolute Gasteiger partial charge is 0.0471 e. The van der Waals surface area contributed by atoms with Gasteiger partial charge in [-0.3, -0.25) is 4.90 Å². The zero-order valence-corrected chi connectivity index (χ0v) is 10.3. The van der Waals surface area contributed by atoms with E-state index < -0.39 is 0 Å². The standard InChI is InChI=1S/C12H23N3/c1-5-15(6-2)10(3)12-8-7-11(9-13)14(12)4/h7-8,10H,5-6,9,13H2,1-4H3. The first-order valence-electron chi connectivity index (χ1n) is 5.74. The summed E-state index contributed by atoms with van der Waals surface area (Å²) in [5.74, 6) is 0. The largest absolute Gasteiger partial charge is 0.349 e. The molecule has 0 aliphatic carbocycles. The Kier molecular flexibility index (Phi) is 4.36. The van der Waals surface area contributed by atoms with Gasteiger partial charge in [-0.15, -0.1) is 0 Å². The molecule has 1 rings (SSSR count). The van der Waals surface area contributed by atoms with Crippen molar-refractivity contribution in [1.82, 2.24) is 9.47 Å². The van der Waals surface area contributed by atoms with Crippen molar-refractivity contribution in [2.24, 2.45) is 12.8 Å². The van der Waals surface area contributed by atoms with Crippen LogP contribution < -0.4 is 5.73 Å². The SMILES string of the molecule is CCN(CC)C(C)c1ccc(CN)n1C. The number of nitrogens with two attached hydrogens (primary N) is 1. The molecule has 15 heavy (non-hydrogen) atoms. The van der Waals surface area contributed by atoms with E-state index in [-0.39, 0.29) is 0 Å². The molecule has 0 aliphatic heterocycles. The fourth-order valence-corrected chi connectivity index (χ4v) is 2.15. The van der Waals surface area contributed by atoms with Gasteiger partial charge in [0.05, 0.1) is 0 Å². The number of rotatable bonds is 5. The molecule has 0 aromatic carbocycles. The summed E-state index contributed by atoms with van der Waals surface area (Å²) in [4.78, 5) is 2.44. The molecule has 1 atom stereocenters. The van der Waals surface area contributed by atoms with Crippen LogP contribution in [0.1, 0.15) is 38.2 Å². The van der Waals surface area contributed by atoms with Crippen molar-refractivity contribution in [3.8, 4) is 0 Å². The van der Waals surface area contributed by atoms with Crippen molar-refractivity contribution in [3.63, 3.8) is 0 Å². The molecule has 0 saturated heterocycles. The Morgan fingerprint density at radius 1 is 1.33 bits per heavy atom. The van der Waals surface area contributed by atoms with Crippen LogP contribution in [-0.2, 0) is 13.6 Å². The maximum atomic E-state index is 5.67. The Labute approximate surface area is 92.9 Å². The third kappa shape index (κ3) is 2.41. The minimum Gasteiger partial charge on any atom is -0.349 e. The second-order valence-corrected chi connectivity index (χ2v) is 3.91. The van der Waals surface area contributed by atoms with E-state index in [0.29, 0.717) is 12.6 Å². The fourth-order valence-electron chi connectivity index (χ4n) is 2.15. The van der Waals surface area contributed by atoms with Crippen LogP contribution in [0.15, 0.2) is 12.1 Å². The summed E-state index contributed by atoms with van der Waals surface area (Å²) < 4.78 is 2.21. The minimum atomic E-state index is 0.463. The molecular formula is C12H23N3. The summed E-state index contributed by atoms with van der Waals surface area (Å²) in [7, 11) is 2.09. The average Bonchev–Trinajstić information content (AvgIpc) is 2.61. The van der Waals surface area contributed by atoms with Crippen molar-refractivity contribution in [2.45, 2.75) is 33.4 Å². The van der Waals surface area contributed by atoms with Crippen LogP contribution >= 0.6 is 0 Å². The first-order chi connectivity index (χ1) is 7.15. The number of hydrogen-bond acceptors (Lipinski definition) is 2. The van der Waals surface area contributed by atoms with Crippen LogP contribution in [0.3, 0.4) is 0 Å². The van der Waals surface area contributed by atoms with E-state index in [4.69, 9.17) is 5.73 Å². The molecule has 0 bridgehead atoms. The third-order valence-electron chi connectivity index (χ3n) is 3.26. The molecule has 1 unspecified atom stereocenters. The second-order valence-electron chi connectivity index (χ2n) is 3.91. The zero-order chi connectivity index (χ0) is 11.4. The topological polar surface area (TPSA) is 34.2 Å². The van der Waals surface area contributed by atoms with Crippen molar-refractivity contribution >= 4 is 0 Å². The van der Waals surface area contributed by atoms with Gasteiger partial charge in [0.15, 0.2) is 0 Å². The fraction of sp³-hybridized carbons (Fsp3) is 0.667. The molecule has 1 aromatic rings. The van der Waals surface area contributed by atoms with Gasteiger partial charge in [0.1, 0.15) is 0 Å². The van der Waals surface area contributed by atoms with Gasteiger partial charge in [-0.1, -0.05) is 13.8 Å². The molecular weight excluding hydrogens is 186 g/mol. The lowest BCUT2D eigenvalue weighted by atomic mass is 10.2. The lowest BCUT2D eigenvalue weighted by Crippen LogP contribution is -2.28. The van der Waals surface area contributed by atoms with Crippen molar-refractivity contribution in [2.75, 3.05) is 13.1 Å². The van der Waals surface area contributed by atoms with E-state index in [1.54, 1.807) is 0 Å². The summed E-state index contributed by atoms with van der Waals surface area (Å²) in [6.07, 6.45) is 0. The van der Waals surface area contributed by atoms with Crippen LogP contribution in [0.25, 0.3) is 0 Å². The van der Waals surface area contributed by atoms with E-state index in [1.807, 2.05) is 0 Å². The Morgan fingerprint density at radius 2 is 1.93 bits per heavy atom. The number of aromatic nitrogens is 1. The summed E-state index contributed by atoms with van der Waals surface area (Å²) in [6, 6.07) is 4.77. The Balaban J connectivity index is 2.90. The molecule has 0 fully saturated rings. The molecule has 0 saturated carbocycles. The average molecular weight is 209 g/mol. The molecule has 1 heterocycles. The highest BCUT2D eigenvalue weighted by Gasteiger charge is 2.15. The van der Waals surface area contributed by atoms with E-state index >= 15 is 0 Å². The monoisotopic (exact) mass is 209 g/mol. The van der Waals surface area contributed by atoms with Crippen molar-refractivity contribution < 1.29 is 0 Å². The van der Waals surface area contributed by atoms with Crippen LogP contribution in [0.4, 0.5) is 0 Å². The summed E-state index contributed by atoms with van der Waals surface area (Å²) >= 11 is 0. The van der Waals surface area contributed by atoms with E-state index in [1.165, 1.54) is 11.4 Å². The molecule has 0 spiro atoms. The number of nitrogens with zero attached hydrogens (tertiary/aromatic N) is 2. The van der Waals surface area contributed by atoms with Crippen molar-refractivity contribution in [1.29, 1.82) is 0 Å². The third-order valence-corrected chi connectivity index (χ3v) is 3.26. The van der Waals surface area contributed by atoms with Crippen LogP contribution in [0.2, 0.25) is 0 Å². The molecule has 0 aliphatic rings. The highest BCUT2D eigenvalue weighted by Crippen LogP contribution is 2.21. The summed E-state index contributed by atoms with van der Waals surface area (Å²) in [5.41, 5.74) is 8.22. The molecule has 0 amide bonds. The molecule has 3 nitrogen and oxygen atoms in total. The van der Waals surface area contributed by atoms with E-state index in [9.17, 15) is 0 Å². The normalized spacial score (nSPS) is 13.5. The van der Waals surface area contributed by atoms with Crippen LogP contribution in [0.5, 0.6) is 0 Å². The summed E-state index contributed by atoms with van der Waals surface area (Å²) in [5, 5.41) is 0. The van der Waals surface area contributed by atoms with Crippen LogP contribution in [-0.4, -0.2) is 22.6 Å². The zero-order valence-electron chi connectivity index (χ0n) is 10.3. The Bertz CT molecular complexity index is 300. The van der Waals surface area contributed by atoms with Gasteiger partial charge in [-0.25, -0.2) is 0 Å². The van der Waals surface area contributed by atoms with E-state index in [0.717, 1.165) is 13.1 Å². The lowest BCUT2D eigenvalue weighted by molar-refractivity contribution is 0.227. The van der Waals surface area contributed by atoms with Gasteiger partial charge in [0.25, 0.3) is 0 Å². The maximum absolute atomic E-state index is 5.67. The van der Waals surface area contributed by atoms with Gasteiger partial charge >= 0.3 is 0 Å². The quantitative estimate of drug-likeness (QED) is 0.803. The second kappa shape index (κ2) is 5.33. The predicted molar refractivity (Wildman–Crippen MR) is 64.6 cm³/mol. The predicted octanol–water partition coefficient (Wildman–Crippen LogP) is 1.89. The summed E-state index contributed by atoms with van der Waals surface area (Å²) in [6.45, 7) is 9.44. The molecule has 0 radical (unpaired) electrons. The van der Waals surface area contributed by atoms with Gasteiger partial charge in [0, 0.05) is 31.0 Å². The van der Waals surface area contributed by atoms with Gasteiger partial charge in [-0.05, 0) is 32.1 Å².